The Labute approximate surface area is 137 Å². The van der Waals surface area contributed by atoms with E-state index in [2.05, 4.69) is 5.32 Å². The van der Waals surface area contributed by atoms with Crippen molar-refractivity contribution < 1.29 is 14.3 Å². The highest BCUT2D eigenvalue weighted by molar-refractivity contribution is 5.73. The summed E-state index contributed by atoms with van der Waals surface area (Å²) >= 11 is 0. The third kappa shape index (κ3) is 5.33. The smallest absolute Gasteiger partial charge is 0.217 e. The van der Waals surface area contributed by atoms with Crippen LogP contribution in [0.3, 0.4) is 0 Å². The molecule has 1 N–H and O–H groups in total. The van der Waals surface area contributed by atoms with Crippen LogP contribution in [0.1, 0.15) is 39.3 Å². The van der Waals surface area contributed by atoms with Crippen LogP contribution >= 0.6 is 0 Å². The van der Waals surface area contributed by atoms with Crippen LogP contribution < -0.4 is 14.8 Å². The fourth-order valence-electron chi connectivity index (χ4n) is 2.21. The van der Waals surface area contributed by atoms with Gasteiger partial charge in [-0.1, -0.05) is 12.1 Å². The van der Waals surface area contributed by atoms with E-state index in [0.29, 0.717) is 0 Å². The number of carbonyl (C=O) groups excluding carboxylic acids is 1. The predicted molar refractivity (Wildman–Crippen MR) is 91.0 cm³/mol. The first-order valence-corrected chi connectivity index (χ1v) is 7.75. The van der Waals surface area contributed by atoms with Crippen molar-refractivity contribution in [2.45, 2.75) is 39.8 Å². The van der Waals surface area contributed by atoms with Gasteiger partial charge in [-0.3, -0.25) is 4.79 Å². The molecule has 122 valence electrons. The molecule has 0 aromatic heterocycles. The summed E-state index contributed by atoms with van der Waals surface area (Å²) < 4.78 is 11.4. The van der Waals surface area contributed by atoms with E-state index in [1.54, 1.807) is 0 Å². The van der Waals surface area contributed by atoms with Crippen LogP contribution in [0.4, 0.5) is 0 Å². The van der Waals surface area contributed by atoms with E-state index >= 15 is 0 Å². The lowest BCUT2D eigenvalue weighted by Gasteiger charge is -2.14. The Bertz CT molecular complexity index is 633. The molecule has 0 fully saturated rings. The van der Waals surface area contributed by atoms with Crippen LogP contribution in [0, 0.1) is 0 Å². The molecule has 0 heterocycles. The van der Waals surface area contributed by atoms with E-state index in [-0.39, 0.29) is 18.1 Å². The molecular formula is C19H23NO3. The van der Waals surface area contributed by atoms with Crippen molar-refractivity contribution in [1.29, 1.82) is 0 Å². The van der Waals surface area contributed by atoms with E-state index in [9.17, 15) is 4.79 Å². The Balaban J connectivity index is 1.99. The average Bonchev–Trinajstić information content (AvgIpc) is 2.49. The topological polar surface area (TPSA) is 47.6 Å². The van der Waals surface area contributed by atoms with Crippen molar-refractivity contribution in [2.75, 3.05) is 0 Å². The maximum absolute atomic E-state index is 11.1. The van der Waals surface area contributed by atoms with Crippen LogP contribution in [0.5, 0.6) is 17.2 Å². The highest BCUT2D eigenvalue weighted by Crippen LogP contribution is 2.25. The van der Waals surface area contributed by atoms with Gasteiger partial charge in [0.15, 0.2) is 0 Å². The molecule has 0 aliphatic rings. The van der Waals surface area contributed by atoms with Crippen molar-refractivity contribution in [2.24, 2.45) is 0 Å². The molecule has 0 saturated carbocycles. The van der Waals surface area contributed by atoms with Crippen LogP contribution in [0.2, 0.25) is 0 Å². The number of nitrogens with one attached hydrogen (secondary N) is 1. The van der Waals surface area contributed by atoms with E-state index < -0.39 is 0 Å². The zero-order valence-electron chi connectivity index (χ0n) is 14.0. The van der Waals surface area contributed by atoms with Gasteiger partial charge in [0, 0.05) is 6.92 Å². The predicted octanol–water partition coefficient (Wildman–Crippen LogP) is 4.46. The third-order valence-corrected chi connectivity index (χ3v) is 3.23. The molecular weight excluding hydrogens is 290 g/mol. The first kappa shape index (κ1) is 16.9. The molecule has 0 saturated heterocycles. The summed E-state index contributed by atoms with van der Waals surface area (Å²) in [6, 6.07) is 15.2. The molecule has 2 aromatic rings. The molecule has 2 rings (SSSR count). The van der Waals surface area contributed by atoms with Gasteiger partial charge in [0.05, 0.1) is 12.1 Å². The first-order valence-electron chi connectivity index (χ1n) is 7.75. The lowest BCUT2D eigenvalue weighted by Crippen LogP contribution is -2.23. The summed E-state index contributed by atoms with van der Waals surface area (Å²) in [6.07, 6.45) is 0.153. The molecule has 0 unspecified atom stereocenters. The fraction of sp³-hybridized carbons (Fsp3) is 0.316. The maximum atomic E-state index is 11.1. The zero-order chi connectivity index (χ0) is 16.8. The fourth-order valence-corrected chi connectivity index (χ4v) is 2.21. The average molecular weight is 313 g/mol. The molecule has 0 radical (unpaired) electrons. The molecule has 23 heavy (non-hydrogen) atoms. The lowest BCUT2D eigenvalue weighted by atomic mass is 10.1. The Morgan fingerprint density at radius 3 is 1.83 bits per heavy atom. The van der Waals surface area contributed by atoms with Gasteiger partial charge in [-0.2, -0.15) is 0 Å². The minimum Gasteiger partial charge on any atom is -0.491 e. The molecule has 1 atom stereocenters. The second-order valence-electron chi connectivity index (χ2n) is 5.73. The number of rotatable bonds is 6. The zero-order valence-corrected chi connectivity index (χ0v) is 14.0. The van der Waals surface area contributed by atoms with Crippen molar-refractivity contribution in [1.82, 2.24) is 5.32 Å². The summed E-state index contributed by atoms with van der Waals surface area (Å²) in [7, 11) is 0. The van der Waals surface area contributed by atoms with Gasteiger partial charge >= 0.3 is 0 Å². The molecule has 4 heteroatoms. The Morgan fingerprint density at radius 2 is 1.35 bits per heavy atom. The van der Waals surface area contributed by atoms with Gasteiger partial charge < -0.3 is 14.8 Å². The summed E-state index contributed by atoms with van der Waals surface area (Å²) in [6.45, 7) is 7.45. The number of benzene rings is 2. The summed E-state index contributed by atoms with van der Waals surface area (Å²) in [5, 5.41) is 2.86. The van der Waals surface area contributed by atoms with Crippen LogP contribution in [0.15, 0.2) is 48.5 Å². The van der Waals surface area contributed by atoms with Crippen LogP contribution in [-0.2, 0) is 4.79 Å². The highest BCUT2D eigenvalue weighted by atomic mass is 16.5. The van der Waals surface area contributed by atoms with Crippen molar-refractivity contribution in [3.05, 3.63) is 54.1 Å². The van der Waals surface area contributed by atoms with Crippen molar-refractivity contribution >= 4 is 5.91 Å². The lowest BCUT2D eigenvalue weighted by molar-refractivity contribution is -0.119. The van der Waals surface area contributed by atoms with Gasteiger partial charge in [-0.25, -0.2) is 0 Å². The quantitative estimate of drug-likeness (QED) is 0.856. The maximum Gasteiger partial charge on any atom is 0.217 e. The Hall–Kier alpha value is -2.49. The Kier molecular flexibility index (Phi) is 5.63. The Morgan fingerprint density at radius 1 is 0.870 bits per heavy atom. The van der Waals surface area contributed by atoms with Gasteiger partial charge in [0.2, 0.25) is 5.91 Å². The number of hydrogen-bond acceptors (Lipinski definition) is 3. The molecule has 0 bridgehead atoms. The van der Waals surface area contributed by atoms with Crippen molar-refractivity contribution in [3.8, 4) is 17.2 Å². The normalized spacial score (nSPS) is 11.9. The van der Waals surface area contributed by atoms with Gasteiger partial charge in [-0.15, -0.1) is 0 Å². The number of amides is 1. The molecule has 0 aliphatic carbocycles. The minimum absolute atomic E-state index is 0.0194. The second kappa shape index (κ2) is 7.68. The van der Waals surface area contributed by atoms with Crippen LogP contribution in [0.25, 0.3) is 0 Å². The van der Waals surface area contributed by atoms with Gasteiger partial charge in [0.25, 0.3) is 0 Å². The molecule has 2 aromatic carbocycles. The molecule has 4 nitrogen and oxygen atoms in total. The standard InChI is InChI=1S/C19H23NO3/c1-13(2)22-17-9-11-19(12-10-17)23-18-7-5-16(6-8-18)14(3)20-15(4)21/h5-14H,1-4H3,(H,20,21)/t14-/m0/s1. The van der Waals surface area contributed by atoms with E-state index in [1.165, 1.54) is 6.92 Å². The van der Waals surface area contributed by atoms with E-state index in [0.717, 1.165) is 22.8 Å². The van der Waals surface area contributed by atoms with E-state index in [4.69, 9.17) is 9.47 Å². The number of carbonyl (C=O) groups is 1. The van der Waals surface area contributed by atoms with Crippen molar-refractivity contribution in [3.63, 3.8) is 0 Å². The summed E-state index contributed by atoms with van der Waals surface area (Å²) in [4.78, 5) is 11.1. The first-order chi connectivity index (χ1) is 10.9. The SMILES string of the molecule is CC(=O)N[C@@H](C)c1ccc(Oc2ccc(OC(C)C)cc2)cc1. The van der Waals surface area contributed by atoms with Gasteiger partial charge in [-0.05, 0) is 62.7 Å². The number of hydrogen-bond donors (Lipinski definition) is 1. The summed E-state index contributed by atoms with van der Waals surface area (Å²) in [5.74, 6) is 2.29. The van der Waals surface area contributed by atoms with Gasteiger partial charge in [0.1, 0.15) is 17.2 Å². The summed E-state index contributed by atoms with van der Waals surface area (Å²) in [5.41, 5.74) is 1.04. The minimum atomic E-state index is -0.0402. The largest absolute Gasteiger partial charge is 0.491 e. The molecule has 0 aliphatic heterocycles. The van der Waals surface area contributed by atoms with Crippen LogP contribution in [-0.4, -0.2) is 12.0 Å². The molecule has 0 spiro atoms. The van der Waals surface area contributed by atoms with E-state index in [1.807, 2.05) is 69.3 Å². The second-order valence-corrected chi connectivity index (χ2v) is 5.73. The number of ether oxygens (including phenoxy) is 2. The third-order valence-electron chi connectivity index (χ3n) is 3.23. The monoisotopic (exact) mass is 313 g/mol. The molecule has 1 amide bonds. The highest BCUT2D eigenvalue weighted by Gasteiger charge is 2.07.